The number of aromatic nitrogens is 3. The molecule has 0 aliphatic heterocycles. The van der Waals surface area contributed by atoms with Gasteiger partial charge in [-0.15, -0.1) is 29.8 Å². The van der Waals surface area contributed by atoms with Gasteiger partial charge in [0.25, 0.3) is 0 Å². The zero-order chi connectivity index (χ0) is 32.7. The van der Waals surface area contributed by atoms with Crippen molar-refractivity contribution < 1.29 is 26.2 Å². The quantitative estimate of drug-likeness (QED) is 0.180. The Hall–Kier alpha value is -4.01. The van der Waals surface area contributed by atoms with E-state index in [-0.39, 0.29) is 37.6 Å². The van der Waals surface area contributed by atoms with Gasteiger partial charge in [-0.3, -0.25) is 9.55 Å². The van der Waals surface area contributed by atoms with Crippen molar-refractivity contribution >= 4 is 11.0 Å². The van der Waals surface area contributed by atoms with Crippen LogP contribution in [0.3, 0.4) is 0 Å². The van der Waals surface area contributed by atoms with Gasteiger partial charge in [-0.1, -0.05) is 101 Å². The van der Waals surface area contributed by atoms with E-state index in [4.69, 9.17) is 9.97 Å². The normalized spacial score (nSPS) is 17.0. The Kier molecular flexibility index (Phi) is 8.03. The third-order valence-electron chi connectivity index (χ3n) is 10.3. The number of hydrogen-bond acceptors (Lipinski definition) is 3. The summed E-state index contributed by atoms with van der Waals surface area (Å²) in [7, 11) is 0. The fraction of sp³-hybridized carbons (Fsp3) is 0.302. The maximum atomic E-state index is 12.0. The summed E-state index contributed by atoms with van der Waals surface area (Å²) in [6.45, 7) is 13.1. The third kappa shape index (κ3) is 5.43. The van der Waals surface area contributed by atoms with Crippen molar-refractivity contribution in [3.8, 4) is 45.2 Å². The summed E-state index contributed by atoms with van der Waals surface area (Å²) >= 11 is 0. The van der Waals surface area contributed by atoms with Gasteiger partial charge in [0.05, 0.1) is 16.6 Å². The monoisotopic (exact) mass is 811 g/mol. The number of rotatable bonds is 4. The van der Waals surface area contributed by atoms with E-state index in [0.29, 0.717) is 11.8 Å². The van der Waals surface area contributed by atoms with Gasteiger partial charge in [0.2, 0.25) is 0 Å². The Morgan fingerprint density at radius 1 is 0.729 bits per heavy atom. The standard InChI is InChI=1S/C43H42N3O.Pt/c1-42(2,3)30-24-34(40(47)35(25-30)43(4,5)6)41-45-39-32(16-11-17-37(39)46(41)31-14-8-7-9-15-31)26-12-10-13-28(22-26)36-21-20-33-27-18-19-29(23-27)38(33)44-36;/h7-17,20-21,24-25,27,29,47H,18-19,23H2,1-6H3;/q-1;. The summed E-state index contributed by atoms with van der Waals surface area (Å²) in [5.74, 6) is 2.31. The van der Waals surface area contributed by atoms with Crippen molar-refractivity contribution in [2.75, 3.05) is 0 Å². The number of phenolic OH excluding ortho intramolecular Hbond substituents is 1. The van der Waals surface area contributed by atoms with Crippen molar-refractivity contribution in [1.82, 2.24) is 14.5 Å². The number of hydrogen-bond donors (Lipinski definition) is 1. The van der Waals surface area contributed by atoms with Crippen LogP contribution in [-0.4, -0.2) is 19.6 Å². The predicted octanol–water partition coefficient (Wildman–Crippen LogP) is 10.9. The van der Waals surface area contributed by atoms with Gasteiger partial charge >= 0.3 is 0 Å². The molecule has 0 radical (unpaired) electrons. The van der Waals surface area contributed by atoms with Gasteiger partial charge in [-0.05, 0) is 71.4 Å². The first-order chi connectivity index (χ1) is 22.5. The molecule has 5 heteroatoms. The molecule has 2 aromatic heterocycles. The second-order valence-corrected chi connectivity index (χ2v) is 15.6. The topological polar surface area (TPSA) is 50.9 Å². The molecule has 6 aromatic rings. The fourth-order valence-electron chi connectivity index (χ4n) is 7.74. The molecule has 2 heterocycles. The Bertz CT molecular complexity index is 2170. The Labute approximate surface area is 298 Å². The maximum Gasteiger partial charge on any atom is 0.148 e. The Morgan fingerprint density at radius 3 is 2.21 bits per heavy atom. The van der Waals surface area contributed by atoms with Crippen LogP contribution in [-0.2, 0) is 31.9 Å². The maximum absolute atomic E-state index is 12.0. The van der Waals surface area contributed by atoms with E-state index in [1.165, 1.54) is 36.1 Å². The van der Waals surface area contributed by atoms with Crippen molar-refractivity contribution in [3.63, 3.8) is 0 Å². The largest absolute Gasteiger partial charge is 0.507 e. The molecular weight excluding hydrogens is 770 g/mol. The Morgan fingerprint density at radius 2 is 1.46 bits per heavy atom. The van der Waals surface area contributed by atoms with E-state index in [2.05, 4.69) is 125 Å². The molecule has 2 atom stereocenters. The van der Waals surface area contributed by atoms with E-state index < -0.39 is 0 Å². The van der Waals surface area contributed by atoms with Crippen LogP contribution in [0.25, 0.3) is 50.5 Å². The van der Waals surface area contributed by atoms with Gasteiger partial charge < -0.3 is 5.11 Å². The summed E-state index contributed by atoms with van der Waals surface area (Å²) in [5, 5.41) is 12.0. The van der Waals surface area contributed by atoms with Gasteiger partial charge in [0, 0.05) is 49.6 Å². The molecule has 1 saturated carbocycles. The summed E-state index contributed by atoms with van der Waals surface area (Å²) in [6.07, 6.45) is 3.82. The molecule has 1 N–H and O–H groups in total. The zero-order valence-electron chi connectivity index (χ0n) is 28.5. The first-order valence-electron chi connectivity index (χ1n) is 17.0. The summed E-state index contributed by atoms with van der Waals surface area (Å²) in [6, 6.07) is 35.5. The molecule has 0 saturated heterocycles. The van der Waals surface area contributed by atoms with Crippen molar-refractivity contribution in [3.05, 3.63) is 119 Å². The molecule has 246 valence electrons. The number of imidazole rings is 1. The van der Waals surface area contributed by atoms with Crippen molar-refractivity contribution in [2.24, 2.45) is 0 Å². The summed E-state index contributed by atoms with van der Waals surface area (Å²) < 4.78 is 2.19. The zero-order valence-corrected chi connectivity index (χ0v) is 30.8. The number of aromatic hydroxyl groups is 1. The van der Waals surface area contributed by atoms with Gasteiger partial charge in [-0.2, -0.15) is 0 Å². The molecule has 2 aliphatic rings. The molecule has 2 aliphatic carbocycles. The fourth-order valence-corrected chi connectivity index (χ4v) is 7.74. The van der Waals surface area contributed by atoms with Gasteiger partial charge in [0.1, 0.15) is 11.6 Å². The van der Waals surface area contributed by atoms with Crippen LogP contribution in [0, 0.1) is 6.07 Å². The van der Waals surface area contributed by atoms with Crippen LogP contribution in [0.4, 0.5) is 0 Å². The second-order valence-electron chi connectivity index (χ2n) is 15.6. The van der Waals surface area contributed by atoms with Crippen LogP contribution < -0.4 is 0 Å². The van der Waals surface area contributed by atoms with E-state index in [1.807, 2.05) is 18.2 Å². The molecular formula is C43H42N3OPt-. The molecule has 1 fully saturated rings. The van der Waals surface area contributed by atoms with Crippen molar-refractivity contribution in [1.29, 1.82) is 0 Å². The minimum absolute atomic E-state index is 0. The number of pyridine rings is 1. The molecule has 0 amide bonds. The van der Waals surface area contributed by atoms with E-state index in [9.17, 15) is 5.11 Å². The van der Waals surface area contributed by atoms with Crippen molar-refractivity contribution in [2.45, 2.75) is 83.5 Å². The summed E-state index contributed by atoms with van der Waals surface area (Å²) in [4.78, 5) is 10.6. The molecule has 8 rings (SSSR count). The molecule has 2 unspecified atom stereocenters. The molecule has 0 spiro atoms. The average Bonchev–Trinajstić information content (AvgIpc) is 3.78. The van der Waals surface area contributed by atoms with E-state index in [0.717, 1.165) is 56.1 Å². The minimum atomic E-state index is -0.255. The molecule has 2 bridgehead atoms. The smallest absolute Gasteiger partial charge is 0.148 e. The number of nitrogens with zero attached hydrogens (tertiary/aromatic N) is 3. The van der Waals surface area contributed by atoms with Gasteiger partial charge in [-0.25, -0.2) is 4.98 Å². The predicted molar refractivity (Wildman–Crippen MR) is 192 cm³/mol. The second kappa shape index (κ2) is 11.8. The first-order valence-corrected chi connectivity index (χ1v) is 17.0. The van der Waals surface area contributed by atoms with Crippen LogP contribution in [0.5, 0.6) is 5.75 Å². The molecule has 4 nitrogen and oxygen atoms in total. The van der Waals surface area contributed by atoms with Crippen LogP contribution >= 0.6 is 0 Å². The number of phenols is 1. The SMILES string of the molecule is CC(C)(C)c1cc(-c2nc3c(-c4[c-]c(-c5ccc6c(n5)C5CCC6C5)ccc4)cccc3n2-c2ccccc2)c(O)c(C(C)(C)C)c1.[Pt]. The number of fused-ring (bicyclic) bond motifs is 6. The Balaban J connectivity index is 0.00000364. The third-order valence-corrected chi connectivity index (χ3v) is 10.3. The number of benzene rings is 4. The van der Waals surface area contributed by atoms with Crippen LogP contribution in [0.15, 0.2) is 91.0 Å². The van der Waals surface area contributed by atoms with E-state index in [1.54, 1.807) is 0 Å². The first kappa shape index (κ1) is 32.5. The average molecular weight is 812 g/mol. The van der Waals surface area contributed by atoms with Crippen LogP contribution in [0.2, 0.25) is 0 Å². The number of para-hydroxylation sites is 2. The molecule has 4 aromatic carbocycles. The van der Waals surface area contributed by atoms with E-state index >= 15 is 0 Å². The minimum Gasteiger partial charge on any atom is -0.507 e. The summed E-state index contributed by atoms with van der Waals surface area (Å²) in [5.41, 5.74) is 12.0. The van der Waals surface area contributed by atoms with Crippen LogP contribution in [0.1, 0.15) is 95.0 Å². The van der Waals surface area contributed by atoms with Gasteiger partial charge in [0.15, 0.2) is 0 Å². The molecule has 48 heavy (non-hydrogen) atoms.